The first-order chi connectivity index (χ1) is 12.4. The molecule has 0 radical (unpaired) electrons. The third-order valence-electron chi connectivity index (χ3n) is 4.19. The number of sulfonamides is 1. The number of piperidine rings is 1. The van der Waals surface area contributed by atoms with Crippen molar-refractivity contribution in [2.24, 2.45) is 5.92 Å². The molecule has 1 N–H and O–H groups in total. The van der Waals surface area contributed by atoms with E-state index in [-0.39, 0.29) is 19.0 Å². The van der Waals surface area contributed by atoms with Gasteiger partial charge in [0.25, 0.3) is 0 Å². The summed E-state index contributed by atoms with van der Waals surface area (Å²) in [5.41, 5.74) is 0. The van der Waals surface area contributed by atoms with Crippen molar-refractivity contribution in [1.29, 1.82) is 0 Å². The fourth-order valence-electron chi connectivity index (χ4n) is 2.90. The highest BCUT2D eigenvalue weighted by atomic mass is 32.2. The van der Waals surface area contributed by atoms with Crippen molar-refractivity contribution in [1.82, 2.24) is 9.29 Å². The van der Waals surface area contributed by atoms with Gasteiger partial charge in [0.05, 0.1) is 5.92 Å². The Labute approximate surface area is 149 Å². The molecule has 1 aromatic carbocycles. The molecule has 2 heterocycles. The van der Waals surface area contributed by atoms with Crippen LogP contribution in [0.3, 0.4) is 0 Å². The maximum Gasteiger partial charge on any atom is 0.248 e. The lowest BCUT2D eigenvalue weighted by molar-refractivity contribution is -0.120. The van der Waals surface area contributed by atoms with Crippen molar-refractivity contribution >= 4 is 21.7 Å². The molecule has 2 aromatic rings. The van der Waals surface area contributed by atoms with Crippen LogP contribution < -0.4 is 5.32 Å². The summed E-state index contributed by atoms with van der Waals surface area (Å²) < 4.78 is 54.1. The van der Waals surface area contributed by atoms with Crippen LogP contribution in [0, 0.1) is 17.6 Å². The van der Waals surface area contributed by atoms with E-state index in [2.05, 4.69) is 10.3 Å². The number of carbonyl (C=O) groups is 1. The average Bonchev–Trinajstić information content (AvgIpc) is 2.62. The fourth-order valence-corrected chi connectivity index (χ4v) is 4.53. The van der Waals surface area contributed by atoms with Crippen molar-refractivity contribution < 1.29 is 22.0 Å². The Morgan fingerprint density at radius 1 is 1.15 bits per heavy atom. The first-order valence-corrected chi connectivity index (χ1v) is 9.49. The molecule has 1 aromatic heterocycles. The predicted octanol–water partition coefficient (Wildman–Crippen LogP) is 2.40. The van der Waals surface area contributed by atoms with E-state index in [1.54, 1.807) is 18.2 Å². The monoisotopic (exact) mass is 381 g/mol. The van der Waals surface area contributed by atoms with E-state index in [0.29, 0.717) is 18.7 Å². The van der Waals surface area contributed by atoms with E-state index < -0.39 is 32.5 Å². The second kappa shape index (κ2) is 7.46. The van der Waals surface area contributed by atoms with Gasteiger partial charge in [-0.2, -0.15) is 4.31 Å². The summed E-state index contributed by atoms with van der Waals surface area (Å²) in [6.07, 6.45) is 2.41. The van der Waals surface area contributed by atoms with Gasteiger partial charge in [0.15, 0.2) is 4.90 Å². The van der Waals surface area contributed by atoms with Crippen molar-refractivity contribution in [2.75, 3.05) is 18.4 Å². The molecule has 6 nitrogen and oxygen atoms in total. The van der Waals surface area contributed by atoms with E-state index in [1.165, 1.54) is 6.20 Å². The molecule has 1 fully saturated rings. The van der Waals surface area contributed by atoms with E-state index in [1.807, 2.05) is 0 Å². The highest BCUT2D eigenvalue weighted by Crippen LogP contribution is 2.27. The molecule has 0 saturated carbocycles. The quantitative estimate of drug-likeness (QED) is 0.882. The van der Waals surface area contributed by atoms with Gasteiger partial charge >= 0.3 is 0 Å². The maximum atomic E-state index is 13.9. The van der Waals surface area contributed by atoms with Crippen molar-refractivity contribution in [2.45, 2.75) is 17.7 Å². The van der Waals surface area contributed by atoms with Gasteiger partial charge in [-0.05, 0) is 37.1 Å². The molecule has 1 aliphatic rings. The third kappa shape index (κ3) is 3.73. The molecular weight excluding hydrogens is 364 g/mol. The fraction of sp³-hybridized carbons (Fsp3) is 0.294. The number of rotatable bonds is 4. The predicted molar refractivity (Wildman–Crippen MR) is 90.7 cm³/mol. The number of aromatic nitrogens is 1. The number of nitrogens with zero attached hydrogens (tertiary/aromatic N) is 2. The molecule has 9 heteroatoms. The Kier molecular flexibility index (Phi) is 5.28. The summed E-state index contributed by atoms with van der Waals surface area (Å²) in [5.74, 6) is -2.94. The number of carbonyl (C=O) groups excluding carboxylic acids is 1. The molecule has 1 atom stereocenters. The Morgan fingerprint density at radius 3 is 2.54 bits per heavy atom. The summed E-state index contributed by atoms with van der Waals surface area (Å²) in [7, 11) is -4.37. The molecule has 26 heavy (non-hydrogen) atoms. The maximum absolute atomic E-state index is 13.9. The first kappa shape index (κ1) is 18.4. The summed E-state index contributed by atoms with van der Waals surface area (Å²) in [6, 6.07) is 7.91. The van der Waals surface area contributed by atoms with Crippen LogP contribution in [0.2, 0.25) is 0 Å². The second-order valence-corrected chi connectivity index (χ2v) is 7.83. The van der Waals surface area contributed by atoms with Crippen LogP contribution in [0.15, 0.2) is 47.5 Å². The minimum absolute atomic E-state index is 0.101. The van der Waals surface area contributed by atoms with Gasteiger partial charge in [0.2, 0.25) is 15.9 Å². The Morgan fingerprint density at radius 2 is 1.88 bits per heavy atom. The first-order valence-electron chi connectivity index (χ1n) is 8.05. The van der Waals surface area contributed by atoms with Crippen LogP contribution in [0.4, 0.5) is 14.6 Å². The molecule has 138 valence electrons. The largest absolute Gasteiger partial charge is 0.310 e. The van der Waals surface area contributed by atoms with Crippen molar-refractivity contribution in [3.63, 3.8) is 0 Å². The topological polar surface area (TPSA) is 79.4 Å². The van der Waals surface area contributed by atoms with Gasteiger partial charge < -0.3 is 5.32 Å². The average molecular weight is 381 g/mol. The van der Waals surface area contributed by atoms with E-state index in [9.17, 15) is 22.0 Å². The number of nitrogens with one attached hydrogen (secondary N) is 1. The van der Waals surface area contributed by atoms with E-state index >= 15 is 0 Å². The summed E-state index contributed by atoms with van der Waals surface area (Å²) >= 11 is 0. The van der Waals surface area contributed by atoms with Gasteiger partial charge in [-0.1, -0.05) is 12.1 Å². The molecule has 0 bridgehead atoms. The number of hydrogen-bond acceptors (Lipinski definition) is 4. The Balaban J connectivity index is 1.78. The summed E-state index contributed by atoms with van der Waals surface area (Å²) in [4.78, 5) is 15.4. The van der Waals surface area contributed by atoms with Gasteiger partial charge in [-0.25, -0.2) is 22.2 Å². The number of benzene rings is 1. The van der Waals surface area contributed by atoms with Crippen LogP contribution in [-0.4, -0.2) is 36.7 Å². The Hall–Kier alpha value is -2.39. The number of anilines is 1. The lowest BCUT2D eigenvalue weighted by Crippen LogP contribution is -2.44. The van der Waals surface area contributed by atoms with E-state index in [0.717, 1.165) is 22.5 Å². The SMILES string of the molecule is O=C(Nc1ccccn1)[C@@H]1CCCN(S(=O)(=O)c2c(F)cccc2F)C1. The van der Waals surface area contributed by atoms with Crippen LogP contribution in [0.5, 0.6) is 0 Å². The van der Waals surface area contributed by atoms with Gasteiger partial charge in [0.1, 0.15) is 17.5 Å². The minimum Gasteiger partial charge on any atom is -0.310 e. The lowest BCUT2D eigenvalue weighted by atomic mass is 9.99. The second-order valence-electron chi connectivity index (χ2n) is 5.96. The van der Waals surface area contributed by atoms with Crippen molar-refractivity contribution in [3.05, 3.63) is 54.2 Å². The summed E-state index contributed by atoms with van der Waals surface area (Å²) in [5, 5.41) is 2.63. The molecule has 0 spiro atoms. The molecule has 1 saturated heterocycles. The van der Waals surface area contributed by atoms with Crippen LogP contribution >= 0.6 is 0 Å². The molecule has 0 aliphatic carbocycles. The molecule has 3 rings (SSSR count). The number of amides is 1. The van der Waals surface area contributed by atoms with Crippen LogP contribution in [-0.2, 0) is 14.8 Å². The standard InChI is InChI=1S/C17H17F2N3O3S/c18-13-6-3-7-14(19)16(13)26(24,25)22-10-4-5-12(11-22)17(23)21-15-8-1-2-9-20-15/h1-3,6-9,12H,4-5,10-11H2,(H,20,21,23)/t12-/m1/s1. The smallest absolute Gasteiger partial charge is 0.248 e. The number of hydrogen-bond donors (Lipinski definition) is 1. The van der Waals surface area contributed by atoms with Gasteiger partial charge in [0, 0.05) is 19.3 Å². The summed E-state index contributed by atoms with van der Waals surface area (Å²) in [6.45, 7) is -0.0434. The highest BCUT2D eigenvalue weighted by Gasteiger charge is 2.36. The van der Waals surface area contributed by atoms with E-state index in [4.69, 9.17) is 0 Å². The molecule has 1 amide bonds. The zero-order valence-electron chi connectivity index (χ0n) is 13.7. The van der Waals surface area contributed by atoms with Gasteiger partial charge in [-0.15, -0.1) is 0 Å². The minimum atomic E-state index is -4.37. The van der Waals surface area contributed by atoms with Crippen LogP contribution in [0.1, 0.15) is 12.8 Å². The molecular formula is C17H17F2N3O3S. The van der Waals surface area contributed by atoms with Gasteiger partial charge in [-0.3, -0.25) is 4.79 Å². The zero-order chi connectivity index (χ0) is 18.7. The number of pyridine rings is 1. The lowest BCUT2D eigenvalue weighted by Gasteiger charge is -2.31. The number of halogens is 2. The molecule has 0 unspecified atom stereocenters. The van der Waals surface area contributed by atoms with Crippen LogP contribution in [0.25, 0.3) is 0 Å². The van der Waals surface area contributed by atoms with Crippen molar-refractivity contribution in [3.8, 4) is 0 Å². The normalized spacial score (nSPS) is 18.5. The third-order valence-corrected chi connectivity index (χ3v) is 6.11. The Bertz CT molecular complexity index is 886. The molecule has 1 aliphatic heterocycles. The zero-order valence-corrected chi connectivity index (χ0v) is 14.5. The highest BCUT2D eigenvalue weighted by molar-refractivity contribution is 7.89.